The first-order valence-electron chi connectivity index (χ1n) is 7.62. The zero-order valence-electron chi connectivity index (χ0n) is 14.0. The first kappa shape index (κ1) is 17.7. The average molecular weight is 340 g/mol. The maximum absolute atomic E-state index is 10.8. The van der Waals surface area contributed by atoms with Crippen LogP contribution in [-0.4, -0.2) is 24.3 Å². The standard InChI is InChI=1S/C18H20N4OS/c1-4-16(21-18(20)22(3)11-23)17-9-15(12(2)24-17)14-7-5-6-13(8-14)10-19/h5-9,11,16H,4H2,1-3H3,(H2,20,21). The predicted octanol–water partition coefficient (Wildman–Crippen LogP) is 3.45. The fourth-order valence-electron chi connectivity index (χ4n) is 2.37. The van der Waals surface area contributed by atoms with Gasteiger partial charge in [0.05, 0.1) is 17.7 Å². The van der Waals surface area contributed by atoms with E-state index in [9.17, 15) is 4.79 Å². The second-order valence-corrected chi connectivity index (χ2v) is 6.73. The van der Waals surface area contributed by atoms with Crippen molar-refractivity contribution in [2.45, 2.75) is 26.3 Å². The summed E-state index contributed by atoms with van der Waals surface area (Å²) in [5.74, 6) is 0.205. The van der Waals surface area contributed by atoms with Crippen LogP contribution in [0.25, 0.3) is 11.1 Å². The molecule has 1 amide bonds. The van der Waals surface area contributed by atoms with Crippen molar-refractivity contribution in [3.05, 3.63) is 45.6 Å². The van der Waals surface area contributed by atoms with E-state index in [0.29, 0.717) is 12.0 Å². The molecule has 1 aromatic heterocycles. The second kappa shape index (κ2) is 7.75. The number of nitriles is 1. The molecule has 1 aromatic carbocycles. The van der Waals surface area contributed by atoms with Gasteiger partial charge in [-0.1, -0.05) is 19.1 Å². The van der Waals surface area contributed by atoms with Crippen LogP contribution >= 0.6 is 11.3 Å². The topological polar surface area (TPSA) is 82.5 Å². The molecule has 0 spiro atoms. The van der Waals surface area contributed by atoms with Crippen molar-refractivity contribution in [2.75, 3.05) is 7.05 Å². The van der Waals surface area contributed by atoms with Gasteiger partial charge in [0.2, 0.25) is 6.41 Å². The highest BCUT2D eigenvalue weighted by Crippen LogP contribution is 2.36. The molecule has 1 heterocycles. The number of hydrogen-bond acceptors (Lipinski definition) is 4. The number of carbonyl (C=O) groups excluding carboxylic acids is 1. The first-order valence-corrected chi connectivity index (χ1v) is 8.44. The summed E-state index contributed by atoms with van der Waals surface area (Å²) in [4.78, 5) is 18.8. The monoisotopic (exact) mass is 340 g/mol. The van der Waals surface area contributed by atoms with Crippen LogP contribution in [0.4, 0.5) is 0 Å². The minimum atomic E-state index is -0.0935. The summed E-state index contributed by atoms with van der Waals surface area (Å²) in [7, 11) is 1.58. The molecule has 1 atom stereocenters. The molecule has 5 nitrogen and oxygen atoms in total. The third-order valence-electron chi connectivity index (χ3n) is 3.76. The SMILES string of the molecule is CCC(N=C(N)N(C)C=O)c1cc(-c2cccc(C#N)c2)c(C)s1. The number of nitrogens with two attached hydrogens (primary N) is 1. The van der Waals surface area contributed by atoms with Crippen molar-refractivity contribution in [3.63, 3.8) is 0 Å². The van der Waals surface area contributed by atoms with Gasteiger partial charge < -0.3 is 5.73 Å². The van der Waals surface area contributed by atoms with E-state index in [1.54, 1.807) is 24.5 Å². The van der Waals surface area contributed by atoms with Gasteiger partial charge in [0.1, 0.15) is 0 Å². The smallest absolute Gasteiger partial charge is 0.216 e. The van der Waals surface area contributed by atoms with Gasteiger partial charge in [-0.05, 0) is 42.7 Å². The lowest BCUT2D eigenvalue weighted by Crippen LogP contribution is -2.33. The molecule has 0 radical (unpaired) electrons. The number of aliphatic imine (C=N–C) groups is 1. The van der Waals surface area contributed by atoms with Gasteiger partial charge in [-0.3, -0.25) is 9.69 Å². The Hall–Kier alpha value is -2.65. The molecule has 24 heavy (non-hydrogen) atoms. The van der Waals surface area contributed by atoms with E-state index in [1.807, 2.05) is 25.1 Å². The fourth-order valence-corrected chi connectivity index (χ4v) is 3.55. The summed E-state index contributed by atoms with van der Waals surface area (Å²) >= 11 is 1.66. The van der Waals surface area contributed by atoms with Gasteiger partial charge >= 0.3 is 0 Å². The Morgan fingerprint density at radius 2 is 2.25 bits per heavy atom. The van der Waals surface area contributed by atoms with Gasteiger partial charge in [-0.15, -0.1) is 11.3 Å². The number of guanidine groups is 1. The number of carbonyl (C=O) groups is 1. The number of aryl methyl sites for hydroxylation is 1. The van der Waals surface area contributed by atoms with Crippen LogP contribution in [0.1, 0.15) is 34.7 Å². The third-order valence-corrected chi connectivity index (χ3v) is 4.91. The highest BCUT2D eigenvalue weighted by molar-refractivity contribution is 7.12. The minimum absolute atomic E-state index is 0.0935. The summed E-state index contributed by atoms with van der Waals surface area (Å²) in [5.41, 5.74) is 8.61. The molecule has 0 fully saturated rings. The molecule has 1 unspecified atom stereocenters. The molecule has 2 N–H and O–H groups in total. The Morgan fingerprint density at radius 1 is 1.50 bits per heavy atom. The van der Waals surface area contributed by atoms with E-state index in [0.717, 1.165) is 27.3 Å². The molecule has 0 aliphatic carbocycles. The Kier molecular flexibility index (Phi) is 5.72. The van der Waals surface area contributed by atoms with Gasteiger partial charge in [-0.25, -0.2) is 4.99 Å². The summed E-state index contributed by atoms with van der Waals surface area (Å²) in [6.07, 6.45) is 1.43. The quantitative estimate of drug-likeness (QED) is 0.514. The molecule has 0 aliphatic heterocycles. The molecular formula is C18H20N4OS. The largest absolute Gasteiger partial charge is 0.369 e. The summed E-state index contributed by atoms with van der Waals surface area (Å²) in [6, 6.07) is 11.7. The molecule has 6 heteroatoms. The Labute approximate surface area is 146 Å². The first-order chi connectivity index (χ1) is 11.5. The zero-order valence-corrected chi connectivity index (χ0v) is 14.8. The zero-order chi connectivity index (χ0) is 17.7. The molecule has 0 saturated carbocycles. The van der Waals surface area contributed by atoms with E-state index in [-0.39, 0.29) is 12.0 Å². The van der Waals surface area contributed by atoms with Gasteiger partial charge in [0, 0.05) is 16.8 Å². The van der Waals surface area contributed by atoms with Crippen molar-refractivity contribution < 1.29 is 4.79 Å². The van der Waals surface area contributed by atoms with Crippen molar-refractivity contribution >= 4 is 23.7 Å². The van der Waals surface area contributed by atoms with Crippen LogP contribution in [0.3, 0.4) is 0 Å². The summed E-state index contributed by atoms with van der Waals surface area (Å²) in [6.45, 7) is 4.09. The van der Waals surface area contributed by atoms with Crippen molar-refractivity contribution in [1.29, 1.82) is 5.26 Å². The number of rotatable bonds is 5. The van der Waals surface area contributed by atoms with Crippen molar-refractivity contribution in [3.8, 4) is 17.2 Å². The summed E-state index contributed by atoms with van der Waals surface area (Å²) < 4.78 is 0. The molecule has 0 saturated heterocycles. The molecule has 2 rings (SSSR count). The number of amides is 1. The lowest BCUT2D eigenvalue weighted by molar-refractivity contribution is -0.114. The van der Waals surface area contributed by atoms with E-state index in [2.05, 4.69) is 24.1 Å². The summed E-state index contributed by atoms with van der Waals surface area (Å²) in [5, 5.41) is 9.07. The maximum atomic E-state index is 10.8. The highest BCUT2D eigenvalue weighted by atomic mass is 32.1. The van der Waals surface area contributed by atoms with Crippen LogP contribution in [-0.2, 0) is 4.79 Å². The van der Waals surface area contributed by atoms with Crippen LogP contribution in [0.5, 0.6) is 0 Å². The highest BCUT2D eigenvalue weighted by Gasteiger charge is 2.16. The van der Waals surface area contributed by atoms with Crippen LogP contribution in [0.2, 0.25) is 0 Å². The molecule has 0 aliphatic rings. The number of nitrogens with zero attached hydrogens (tertiary/aromatic N) is 3. The molecule has 124 valence electrons. The van der Waals surface area contributed by atoms with Gasteiger partial charge in [0.25, 0.3) is 0 Å². The van der Waals surface area contributed by atoms with Gasteiger partial charge in [-0.2, -0.15) is 5.26 Å². The Bertz CT molecular complexity index is 804. The van der Waals surface area contributed by atoms with Crippen LogP contribution < -0.4 is 5.73 Å². The maximum Gasteiger partial charge on any atom is 0.216 e. The van der Waals surface area contributed by atoms with Gasteiger partial charge in [0.15, 0.2) is 5.96 Å². The molecule has 2 aromatic rings. The fraction of sp³-hybridized carbons (Fsp3) is 0.278. The number of hydrogen-bond donors (Lipinski definition) is 1. The normalized spacial score (nSPS) is 12.5. The second-order valence-electron chi connectivity index (χ2n) is 5.44. The Balaban J connectivity index is 2.39. The van der Waals surface area contributed by atoms with Crippen LogP contribution in [0, 0.1) is 18.3 Å². The van der Waals surface area contributed by atoms with E-state index in [1.165, 1.54) is 4.90 Å². The molecule has 0 bridgehead atoms. The lowest BCUT2D eigenvalue weighted by Gasteiger charge is -2.13. The molecular weight excluding hydrogens is 320 g/mol. The average Bonchev–Trinajstić information content (AvgIpc) is 3.00. The van der Waals surface area contributed by atoms with E-state index < -0.39 is 0 Å². The minimum Gasteiger partial charge on any atom is -0.369 e. The predicted molar refractivity (Wildman–Crippen MR) is 97.7 cm³/mol. The Morgan fingerprint density at radius 3 is 2.88 bits per heavy atom. The number of thiophene rings is 1. The lowest BCUT2D eigenvalue weighted by atomic mass is 10.0. The van der Waals surface area contributed by atoms with Crippen LogP contribution in [0.15, 0.2) is 35.3 Å². The van der Waals surface area contributed by atoms with E-state index in [4.69, 9.17) is 11.0 Å². The van der Waals surface area contributed by atoms with E-state index >= 15 is 0 Å². The van der Waals surface area contributed by atoms with Crippen molar-refractivity contribution in [1.82, 2.24) is 4.90 Å². The number of benzene rings is 1. The van der Waals surface area contributed by atoms with Crippen molar-refractivity contribution in [2.24, 2.45) is 10.7 Å². The third kappa shape index (κ3) is 3.81.